The van der Waals surface area contributed by atoms with Gasteiger partial charge in [0.2, 0.25) is 0 Å². The molecule has 0 radical (unpaired) electrons. The van der Waals surface area contributed by atoms with E-state index in [1.54, 1.807) is 6.07 Å². The molecule has 0 fully saturated rings. The summed E-state index contributed by atoms with van der Waals surface area (Å²) < 4.78 is 5.66. The van der Waals surface area contributed by atoms with Crippen LogP contribution in [-0.2, 0) is 12.8 Å². The summed E-state index contributed by atoms with van der Waals surface area (Å²) in [5, 5.41) is 18.0. The predicted molar refractivity (Wildman–Crippen MR) is 147 cm³/mol. The standard InChI is InChI=1S/C30H36N6O2/c1-7-35(6)11-9-22-14-26(25-13-19(3)33-34-20(25)4)24-10-12-36(30(37)27(24)15-22)21(5)28-16-29(38-8-2)23(17-31)18-32-28/h13-16,18,21H,7-12H2,1-6H3/t21-/m0/s1. The highest BCUT2D eigenvalue weighted by molar-refractivity contribution is 5.99. The van der Waals surface area contributed by atoms with E-state index in [-0.39, 0.29) is 11.9 Å². The minimum atomic E-state index is -0.271. The zero-order valence-electron chi connectivity index (χ0n) is 23.2. The molecule has 8 heteroatoms. The fourth-order valence-corrected chi connectivity index (χ4v) is 4.93. The monoisotopic (exact) mass is 512 g/mol. The van der Waals surface area contributed by atoms with Gasteiger partial charge in [0.25, 0.3) is 5.91 Å². The Balaban J connectivity index is 1.75. The van der Waals surface area contributed by atoms with E-state index in [0.717, 1.165) is 65.1 Å². The van der Waals surface area contributed by atoms with E-state index in [4.69, 9.17) is 4.74 Å². The topological polar surface area (TPSA) is 95.2 Å². The summed E-state index contributed by atoms with van der Waals surface area (Å²) in [6.45, 7) is 12.8. The number of carbonyl (C=O) groups is 1. The Bertz CT molecular complexity index is 1380. The van der Waals surface area contributed by atoms with Crippen LogP contribution in [0.25, 0.3) is 11.1 Å². The molecule has 0 spiro atoms. The molecule has 0 unspecified atom stereocenters. The second kappa shape index (κ2) is 11.7. The number of hydrogen-bond acceptors (Lipinski definition) is 7. The maximum atomic E-state index is 14.0. The molecule has 1 atom stereocenters. The SMILES string of the molecule is CCOc1cc([C@H](C)N2CCc3c(cc(CCN(C)CC)cc3-c3cc(C)nnc3C)C2=O)ncc1C#N. The third-order valence-electron chi connectivity index (χ3n) is 7.32. The lowest BCUT2D eigenvalue weighted by atomic mass is 9.86. The van der Waals surface area contributed by atoms with Crippen molar-refractivity contribution < 1.29 is 9.53 Å². The molecule has 0 bridgehead atoms. The second-order valence-corrected chi connectivity index (χ2v) is 9.87. The Kier molecular flexibility index (Phi) is 8.38. The van der Waals surface area contributed by atoms with Crippen molar-refractivity contribution in [3.8, 4) is 22.9 Å². The van der Waals surface area contributed by atoms with Gasteiger partial charge in [0.1, 0.15) is 17.4 Å². The summed E-state index contributed by atoms with van der Waals surface area (Å²) in [7, 11) is 2.11. The van der Waals surface area contributed by atoms with Crippen LogP contribution in [0.3, 0.4) is 0 Å². The second-order valence-electron chi connectivity index (χ2n) is 9.87. The molecule has 0 aliphatic carbocycles. The highest BCUT2D eigenvalue weighted by Gasteiger charge is 2.32. The molecule has 2 aromatic heterocycles. The van der Waals surface area contributed by atoms with Gasteiger partial charge in [-0.1, -0.05) is 13.0 Å². The maximum Gasteiger partial charge on any atom is 0.254 e. The predicted octanol–water partition coefficient (Wildman–Crippen LogP) is 4.68. The molecule has 198 valence electrons. The minimum absolute atomic E-state index is 0.00814. The minimum Gasteiger partial charge on any atom is -0.492 e. The number of rotatable bonds is 9. The molecule has 38 heavy (non-hydrogen) atoms. The molecule has 1 aliphatic heterocycles. The highest BCUT2D eigenvalue weighted by Crippen LogP contribution is 2.36. The van der Waals surface area contributed by atoms with Gasteiger partial charge >= 0.3 is 0 Å². The van der Waals surface area contributed by atoms with Gasteiger partial charge in [0.15, 0.2) is 0 Å². The third kappa shape index (κ3) is 5.53. The van der Waals surface area contributed by atoms with Crippen LogP contribution in [0.2, 0.25) is 0 Å². The number of nitrogens with zero attached hydrogens (tertiary/aromatic N) is 6. The molecule has 1 amide bonds. The average molecular weight is 513 g/mol. The molecular formula is C30H36N6O2. The molecule has 1 aliphatic rings. The van der Waals surface area contributed by atoms with Crippen molar-refractivity contribution >= 4 is 5.91 Å². The first-order valence-electron chi connectivity index (χ1n) is 13.3. The first-order chi connectivity index (χ1) is 18.3. The van der Waals surface area contributed by atoms with E-state index in [1.165, 1.54) is 6.20 Å². The lowest BCUT2D eigenvalue weighted by Gasteiger charge is -2.35. The van der Waals surface area contributed by atoms with Crippen molar-refractivity contribution in [3.05, 3.63) is 69.8 Å². The number of likely N-dealkylation sites (N-methyl/N-ethyl adjacent to an activating group) is 1. The van der Waals surface area contributed by atoms with Crippen molar-refractivity contribution in [3.63, 3.8) is 0 Å². The van der Waals surface area contributed by atoms with Crippen LogP contribution in [0.1, 0.15) is 70.9 Å². The quantitative estimate of drug-likeness (QED) is 0.411. The number of fused-ring (bicyclic) bond motifs is 1. The Morgan fingerprint density at radius 2 is 1.89 bits per heavy atom. The smallest absolute Gasteiger partial charge is 0.254 e. The van der Waals surface area contributed by atoms with E-state index >= 15 is 0 Å². The number of pyridine rings is 1. The van der Waals surface area contributed by atoms with Gasteiger partial charge in [0.05, 0.1) is 29.7 Å². The van der Waals surface area contributed by atoms with Gasteiger partial charge in [-0.2, -0.15) is 15.5 Å². The zero-order chi connectivity index (χ0) is 27.4. The van der Waals surface area contributed by atoms with Crippen LogP contribution in [-0.4, -0.2) is 64.2 Å². The van der Waals surface area contributed by atoms with Crippen LogP contribution < -0.4 is 4.74 Å². The molecule has 0 saturated carbocycles. The van der Waals surface area contributed by atoms with Gasteiger partial charge in [0, 0.05) is 36.5 Å². The number of benzene rings is 1. The van der Waals surface area contributed by atoms with Crippen molar-refractivity contribution in [1.29, 1.82) is 5.26 Å². The molecule has 0 N–H and O–H groups in total. The summed E-state index contributed by atoms with van der Waals surface area (Å²) in [5.74, 6) is 0.489. The molecule has 0 saturated heterocycles. The Hall–Kier alpha value is -3.83. The number of aryl methyl sites for hydroxylation is 2. The van der Waals surface area contributed by atoms with E-state index in [9.17, 15) is 10.1 Å². The van der Waals surface area contributed by atoms with Crippen molar-refractivity contribution in [1.82, 2.24) is 25.0 Å². The van der Waals surface area contributed by atoms with Gasteiger partial charge in [-0.15, -0.1) is 0 Å². The Morgan fingerprint density at radius 1 is 1.13 bits per heavy atom. The molecule has 1 aromatic carbocycles. The van der Waals surface area contributed by atoms with E-state index in [2.05, 4.69) is 58.3 Å². The van der Waals surface area contributed by atoms with Crippen molar-refractivity contribution in [2.75, 3.05) is 33.3 Å². The summed E-state index contributed by atoms with van der Waals surface area (Å²) in [6, 6.07) is 10.0. The number of ether oxygens (including phenoxy) is 1. The zero-order valence-corrected chi connectivity index (χ0v) is 23.2. The van der Waals surface area contributed by atoms with E-state index in [1.807, 2.05) is 32.6 Å². The Labute approximate surface area is 225 Å². The third-order valence-corrected chi connectivity index (χ3v) is 7.32. The lowest BCUT2D eigenvalue weighted by molar-refractivity contribution is 0.0669. The maximum absolute atomic E-state index is 14.0. The molecule has 8 nitrogen and oxygen atoms in total. The van der Waals surface area contributed by atoms with Crippen molar-refractivity contribution in [2.45, 2.75) is 53.5 Å². The number of nitriles is 1. The van der Waals surface area contributed by atoms with Gasteiger partial charge < -0.3 is 14.5 Å². The lowest BCUT2D eigenvalue weighted by Crippen LogP contribution is -2.40. The van der Waals surface area contributed by atoms with E-state index in [0.29, 0.717) is 30.2 Å². The first-order valence-corrected chi connectivity index (χ1v) is 13.3. The molecule has 3 aromatic rings. The van der Waals surface area contributed by atoms with Crippen LogP contribution in [0, 0.1) is 25.2 Å². The average Bonchev–Trinajstić information content (AvgIpc) is 2.92. The largest absolute Gasteiger partial charge is 0.492 e. The van der Waals surface area contributed by atoms with Gasteiger partial charge in [-0.3, -0.25) is 9.78 Å². The molecular weight excluding hydrogens is 476 g/mol. The summed E-state index contributed by atoms with van der Waals surface area (Å²) in [6.07, 6.45) is 3.10. The van der Waals surface area contributed by atoms with Crippen molar-refractivity contribution in [2.24, 2.45) is 0 Å². The summed E-state index contributed by atoms with van der Waals surface area (Å²) >= 11 is 0. The van der Waals surface area contributed by atoms with Crippen LogP contribution in [0.4, 0.5) is 0 Å². The Morgan fingerprint density at radius 3 is 2.61 bits per heavy atom. The number of aromatic nitrogens is 3. The molecule has 4 rings (SSSR count). The van der Waals surface area contributed by atoms with Gasteiger partial charge in [-0.05, 0) is 83.0 Å². The number of carbonyl (C=O) groups excluding carboxylic acids is 1. The van der Waals surface area contributed by atoms with Crippen LogP contribution >= 0.6 is 0 Å². The first kappa shape index (κ1) is 27.2. The highest BCUT2D eigenvalue weighted by atomic mass is 16.5. The normalized spacial score (nSPS) is 13.8. The van der Waals surface area contributed by atoms with E-state index < -0.39 is 0 Å². The molecule has 3 heterocycles. The van der Waals surface area contributed by atoms with Crippen LogP contribution in [0.5, 0.6) is 5.75 Å². The number of hydrogen-bond donors (Lipinski definition) is 0. The van der Waals surface area contributed by atoms with Crippen LogP contribution in [0.15, 0.2) is 30.5 Å². The fraction of sp³-hybridized carbons (Fsp3) is 0.433. The van der Waals surface area contributed by atoms with Gasteiger partial charge in [-0.25, -0.2) is 0 Å². The summed E-state index contributed by atoms with van der Waals surface area (Å²) in [4.78, 5) is 22.7. The number of amides is 1. The fourth-order valence-electron chi connectivity index (χ4n) is 4.93. The summed E-state index contributed by atoms with van der Waals surface area (Å²) in [5.41, 5.74) is 7.83.